The molecule has 0 aliphatic heterocycles. The normalized spacial score (nSPS) is 17.1. The summed E-state index contributed by atoms with van der Waals surface area (Å²) in [7, 11) is 0. The Balaban J connectivity index is 1.87. The lowest BCUT2D eigenvalue weighted by atomic mass is 10.1. The number of aliphatic hydroxyl groups is 1. The van der Waals surface area contributed by atoms with E-state index in [2.05, 4.69) is 6.92 Å². The van der Waals surface area contributed by atoms with Gasteiger partial charge in [0.1, 0.15) is 5.75 Å². The van der Waals surface area contributed by atoms with E-state index in [1.165, 1.54) is 12.8 Å². The maximum absolute atomic E-state index is 9.80. The molecule has 1 aliphatic rings. The molecule has 0 aromatic heterocycles. The van der Waals surface area contributed by atoms with Crippen molar-refractivity contribution in [3.63, 3.8) is 0 Å². The summed E-state index contributed by atoms with van der Waals surface area (Å²) < 4.78 is 5.64. The molecule has 1 N–H and O–H groups in total. The topological polar surface area (TPSA) is 29.5 Å². The molecular formula is C14H20O2. The molecule has 0 spiro atoms. The Morgan fingerprint density at radius 1 is 1.31 bits per heavy atom. The van der Waals surface area contributed by atoms with Crippen LogP contribution in [-0.2, 0) is 0 Å². The van der Waals surface area contributed by atoms with Gasteiger partial charge in [-0.15, -0.1) is 0 Å². The summed E-state index contributed by atoms with van der Waals surface area (Å²) in [5, 5.41) is 9.80. The molecule has 1 fully saturated rings. The van der Waals surface area contributed by atoms with Crippen molar-refractivity contribution in [2.24, 2.45) is 5.92 Å². The van der Waals surface area contributed by atoms with Gasteiger partial charge < -0.3 is 9.84 Å². The highest BCUT2D eigenvalue weighted by atomic mass is 16.5. The third-order valence-corrected chi connectivity index (χ3v) is 3.01. The van der Waals surface area contributed by atoms with Crippen molar-refractivity contribution in [1.29, 1.82) is 0 Å². The number of hydrogen-bond acceptors (Lipinski definition) is 2. The Morgan fingerprint density at radius 3 is 2.56 bits per heavy atom. The van der Waals surface area contributed by atoms with Crippen molar-refractivity contribution in [3.8, 4) is 5.75 Å². The quantitative estimate of drug-likeness (QED) is 0.797. The van der Waals surface area contributed by atoms with E-state index in [9.17, 15) is 5.11 Å². The second-order valence-electron chi connectivity index (χ2n) is 4.63. The number of rotatable bonds is 6. The highest BCUT2D eigenvalue weighted by Gasteiger charge is 2.21. The van der Waals surface area contributed by atoms with E-state index in [4.69, 9.17) is 4.74 Å². The Hall–Kier alpha value is -1.02. The molecule has 1 saturated carbocycles. The molecule has 1 aromatic carbocycles. The highest BCUT2D eigenvalue weighted by Crippen LogP contribution is 2.29. The summed E-state index contributed by atoms with van der Waals surface area (Å²) in [5.74, 6) is 1.70. The molecule has 2 nitrogen and oxygen atoms in total. The second kappa shape index (κ2) is 5.35. The highest BCUT2D eigenvalue weighted by molar-refractivity contribution is 5.28. The van der Waals surface area contributed by atoms with Crippen LogP contribution < -0.4 is 4.74 Å². The van der Waals surface area contributed by atoms with Crippen LogP contribution in [0.25, 0.3) is 0 Å². The zero-order valence-corrected chi connectivity index (χ0v) is 9.86. The average molecular weight is 220 g/mol. The molecule has 2 heteroatoms. The van der Waals surface area contributed by atoms with Crippen LogP contribution in [-0.4, -0.2) is 11.7 Å². The van der Waals surface area contributed by atoms with E-state index in [-0.39, 0.29) is 6.10 Å². The summed E-state index contributed by atoms with van der Waals surface area (Å²) >= 11 is 0. The molecular weight excluding hydrogens is 200 g/mol. The van der Waals surface area contributed by atoms with Crippen LogP contribution in [0.2, 0.25) is 0 Å². The zero-order chi connectivity index (χ0) is 11.4. The lowest BCUT2D eigenvalue weighted by molar-refractivity contribution is 0.166. The van der Waals surface area contributed by atoms with Crippen LogP contribution in [0.1, 0.15) is 44.3 Å². The first-order valence-corrected chi connectivity index (χ1v) is 6.20. The van der Waals surface area contributed by atoms with Crippen molar-refractivity contribution in [2.75, 3.05) is 6.61 Å². The molecule has 0 bridgehead atoms. The summed E-state index contributed by atoms with van der Waals surface area (Å²) in [6.07, 6.45) is 4.12. The van der Waals surface area contributed by atoms with Crippen molar-refractivity contribution in [1.82, 2.24) is 0 Å². The van der Waals surface area contributed by atoms with Crippen LogP contribution in [0.15, 0.2) is 24.3 Å². The van der Waals surface area contributed by atoms with Crippen LogP contribution in [0.4, 0.5) is 0 Å². The fraction of sp³-hybridized carbons (Fsp3) is 0.571. The third-order valence-electron chi connectivity index (χ3n) is 3.01. The third kappa shape index (κ3) is 3.24. The molecule has 0 heterocycles. The number of aliphatic hydroxyl groups excluding tert-OH is 1. The molecule has 16 heavy (non-hydrogen) atoms. The molecule has 0 saturated heterocycles. The van der Waals surface area contributed by atoms with Gasteiger partial charge >= 0.3 is 0 Å². The van der Waals surface area contributed by atoms with E-state index in [0.29, 0.717) is 0 Å². The standard InChI is InChI=1S/C14H20O2/c1-2-3-14(15)12-6-8-13(9-7-12)16-10-11-4-5-11/h6-9,11,14-15H,2-5,10H2,1H3. The Kier molecular flexibility index (Phi) is 3.83. The van der Waals surface area contributed by atoms with Crippen LogP contribution in [0.5, 0.6) is 5.75 Å². The van der Waals surface area contributed by atoms with Gasteiger partial charge in [-0.1, -0.05) is 25.5 Å². The lowest BCUT2D eigenvalue weighted by Crippen LogP contribution is -2.00. The van der Waals surface area contributed by atoms with E-state index < -0.39 is 0 Å². The fourth-order valence-electron chi connectivity index (χ4n) is 1.72. The monoisotopic (exact) mass is 220 g/mol. The van der Waals surface area contributed by atoms with Gasteiger partial charge in [-0.25, -0.2) is 0 Å². The van der Waals surface area contributed by atoms with Crippen LogP contribution in [0, 0.1) is 5.92 Å². The zero-order valence-electron chi connectivity index (χ0n) is 9.86. The summed E-state index contributed by atoms with van der Waals surface area (Å²) in [5.41, 5.74) is 0.987. The number of ether oxygens (including phenoxy) is 1. The smallest absolute Gasteiger partial charge is 0.119 e. The molecule has 88 valence electrons. The minimum absolute atomic E-state index is 0.331. The minimum atomic E-state index is -0.331. The van der Waals surface area contributed by atoms with E-state index in [1.54, 1.807) is 0 Å². The van der Waals surface area contributed by atoms with Crippen LogP contribution >= 0.6 is 0 Å². The first kappa shape index (κ1) is 11.5. The average Bonchev–Trinajstić information content (AvgIpc) is 3.11. The summed E-state index contributed by atoms with van der Waals surface area (Å²) in [6.45, 7) is 2.92. The minimum Gasteiger partial charge on any atom is -0.493 e. The van der Waals surface area contributed by atoms with Gasteiger partial charge in [0.2, 0.25) is 0 Å². The summed E-state index contributed by atoms with van der Waals surface area (Å²) in [6, 6.07) is 7.83. The SMILES string of the molecule is CCCC(O)c1ccc(OCC2CC2)cc1. The molecule has 1 atom stereocenters. The van der Waals surface area contributed by atoms with Gasteiger partial charge in [0, 0.05) is 0 Å². The second-order valence-corrected chi connectivity index (χ2v) is 4.63. The van der Waals surface area contributed by atoms with Gasteiger partial charge in [-0.05, 0) is 42.9 Å². The van der Waals surface area contributed by atoms with E-state index in [0.717, 1.165) is 36.7 Å². The summed E-state index contributed by atoms with van der Waals surface area (Å²) in [4.78, 5) is 0. The van der Waals surface area contributed by atoms with E-state index in [1.807, 2.05) is 24.3 Å². The van der Waals surface area contributed by atoms with Crippen molar-refractivity contribution < 1.29 is 9.84 Å². The maximum Gasteiger partial charge on any atom is 0.119 e. The van der Waals surface area contributed by atoms with Crippen molar-refractivity contribution >= 4 is 0 Å². The lowest BCUT2D eigenvalue weighted by Gasteiger charge is -2.10. The molecule has 1 aromatic rings. The van der Waals surface area contributed by atoms with Crippen molar-refractivity contribution in [2.45, 2.75) is 38.7 Å². The fourth-order valence-corrected chi connectivity index (χ4v) is 1.72. The largest absolute Gasteiger partial charge is 0.493 e. The molecule has 0 amide bonds. The van der Waals surface area contributed by atoms with Crippen LogP contribution in [0.3, 0.4) is 0 Å². The van der Waals surface area contributed by atoms with Gasteiger partial charge in [-0.2, -0.15) is 0 Å². The number of benzene rings is 1. The predicted molar refractivity (Wildman–Crippen MR) is 64.5 cm³/mol. The van der Waals surface area contributed by atoms with Gasteiger partial charge in [0.15, 0.2) is 0 Å². The Morgan fingerprint density at radius 2 is 2.00 bits per heavy atom. The van der Waals surface area contributed by atoms with Gasteiger partial charge in [0.25, 0.3) is 0 Å². The first-order chi connectivity index (χ1) is 7.79. The first-order valence-electron chi connectivity index (χ1n) is 6.20. The number of hydrogen-bond donors (Lipinski definition) is 1. The Bertz CT molecular complexity index is 314. The van der Waals surface area contributed by atoms with E-state index >= 15 is 0 Å². The molecule has 2 rings (SSSR count). The van der Waals surface area contributed by atoms with Gasteiger partial charge in [0.05, 0.1) is 12.7 Å². The van der Waals surface area contributed by atoms with Crippen molar-refractivity contribution in [3.05, 3.63) is 29.8 Å². The van der Waals surface area contributed by atoms with Gasteiger partial charge in [-0.3, -0.25) is 0 Å². The Labute approximate surface area is 97.3 Å². The molecule has 0 radical (unpaired) electrons. The molecule has 1 aliphatic carbocycles. The predicted octanol–water partition coefficient (Wildman–Crippen LogP) is 3.31. The molecule has 1 unspecified atom stereocenters. The maximum atomic E-state index is 9.80.